The predicted molar refractivity (Wildman–Crippen MR) is 56.7 cm³/mol. The van der Waals surface area contributed by atoms with Gasteiger partial charge in [-0.15, -0.1) is 0 Å². The van der Waals surface area contributed by atoms with E-state index in [0.717, 1.165) is 24.1 Å². The molecule has 1 aliphatic rings. The Morgan fingerprint density at radius 2 is 1.93 bits per heavy atom. The van der Waals surface area contributed by atoms with Crippen LogP contribution in [0.25, 0.3) is 5.57 Å². The second kappa shape index (κ2) is 3.66. The Kier molecular flexibility index (Phi) is 2.35. The van der Waals surface area contributed by atoms with Gasteiger partial charge >= 0.3 is 0 Å². The molecular formula is C12H13NO. The van der Waals surface area contributed by atoms with Gasteiger partial charge in [0.2, 0.25) is 0 Å². The van der Waals surface area contributed by atoms with Crippen molar-refractivity contribution >= 4 is 11.5 Å². The third kappa shape index (κ3) is 1.55. The van der Waals surface area contributed by atoms with Crippen molar-refractivity contribution in [2.75, 3.05) is 6.54 Å². The maximum atomic E-state index is 11.6. The van der Waals surface area contributed by atoms with Crippen LogP contribution in [0.4, 0.5) is 0 Å². The second-order valence-corrected chi connectivity index (χ2v) is 3.53. The lowest BCUT2D eigenvalue weighted by atomic mass is 9.95. The molecule has 0 unspecified atom stereocenters. The highest BCUT2D eigenvalue weighted by Crippen LogP contribution is 2.23. The van der Waals surface area contributed by atoms with E-state index in [4.69, 9.17) is 0 Å². The second-order valence-electron chi connectivity index (χ2n) is 3.53. The molecule has 1 aromatic rings. The number of benzene rings is 1. The molecule has 0 aromatic heterocycles. The number of hydrogen-bond acceptors (Lipinski definition) is 1. The average Bonchev–Trinajstić information content (AvgIpc) is 2.19. The highest BCUT2D eigenvalue weighted by Gasteiger charge is 2.18. The van der Waals surface area contributed by atoms with E-state index < -0.39 is 0 Å². The molecular weight excluding hydrogens is 174 g/mol. The first-order chi connectivity index (χ1) is 6.79. The molecule has 72 valence electrons. The number of amides is 1. The van der Waals surface area contributed by atoms with E-state index in [9.17, 15) is 4.79 Å². The topological polar surface area (TPSA) is 29.1 Å². The van der Waals surface area contributed by atoms with Gasteiger partial charge in [-0.3, -0.25) is 4.79 Å². The summed E-state index contributed by atoms with van der Waals surface area (Å²) in [6.07, 6.45) is 0.954. The Hall–Kier alpha value is -1.57. The van der Waals surface area contributed by atoms with Crippen molar-refractivity contribution in [3.05, 3.63) is 41.5 Å². The van der Waals surface area contributed by atoms with Crippen molar-refractivity contribution in [2.24, 2.45) is 0 Å². The van der Waals surface area contributed by atoms with E-state index in [2.05, 4.69) is 5.32 Å². The Morgan fingerprint density at radius 3 is 2.57 bits per heavy atom. The Labute approximate surface area is 83.6 Å². The molecule has 1 N–H and O–H groups in total. The lowest BCUT2D eigenvalue weighted by Gasteiger charge is -2.18. The smallest absolute Gasteiger partial charge is 0.251 e. The van der Waals surface area contributed by atoms with Gasteiger partial charge in [0.05, 0.1) is 0 Å². The first-order valence-corrected chi connectivity index (χ1v) is 4.82. The van der Waals surface area contributed by atoms with Crippen LogP contribution >= 0.6 is 0 Å². The van der Waals surface area contributed by atoms with Gasteiger partial charge in [-0.1, -0.05) is 35.9 Å². The van der Waals surface area contributed by atoms with Gasteiger partial charge < -0.3 is 5.32 Å². The number of rotatable bonds is 1. The van der Waals surface area contributed by atoms with E-state index >= 15 is 0 Å². The summed E-state index contributed by atoms with van der Waals surface area (Å²) in [5.41, 5.74) is 3.04. The lowest BCUT2D eigenvalue weighted by molar-refractivity contribution is -0.115. The third-order valence-corrected chi connectivity index (χ3v) is 2.50. The Morgan fingerprint density at radius 1 is 1.21 bits per heavy atom. The van der Waals surface area contributed by atoms with Gasteiger partial charge in [0, 0.05) is 12.1 Å². The summed E-state index contributed by atoms with van der Waals surface area (Å²) < 4.78 is 0. The summed E-state index contributed by atoms with van der Waals surface area (Å²) in [5.74, 6) is 0.0555. The molecule has 2 heteroatoms. The van der Waals surface area contributed by atoms with E-state index in [1.165, 1.54) is 5.57 Å². The van der Waals surface area contributed by atoms with Crippen LogP contribution in [-0.2, 0) is 4.79 Å². The van der Waals surface area contributed by atoms with Gasteiger partial charge in [-0.05, 0) is 18.9 Å². The standard InChI is InChI=1S/C12H13NO/c1-9-7-8-13-12(14)11(9)10-5-3-2-4-6-10/h2-6H,7-8H2,1H3,(H,13,14). The Bertz CT molecular complexity index is 379. The molecule has 0 fully saturated rings. The summed E-state index contributed by atoms with van der Waals surface area (Å²) in [6, 6.07) is 9.82. The minimum absolute atomic E-state index is 0.0555. The monoisotopic (exact) mass is 187 g/mol. The minimum Gasteiger partial charge on any atom is -0.352 e. The fourth-order valence-corrected chi connectivity index (χ4v) is 1.75. The summed E-state index contributed by atoms with van der Waals surface area (Å²) >= 11 is 0. The van der Waals surface area contributed by atoms with Crippen LogP contribution in [0, 0.1) is 0 Å². The van der Waals surface area contributed by atoms with Gasteiger partial charge in [0.15, 0.2) is 0 Å². The van der Waals surface area contributed by atoms with Crippen LogP contribution in [0.15, 0.2) is 35.9 Å². The van der Waals surface area contributed by atoms with E-state index in [1.54, 1.807) is 0 Å². The first-order valence-electron chi connectivity index (χ1n) is 4.82. The zero-order valence-corrected chi connectivity index (χ0v) is 8.21. The number of carbonyl (C=O) groups excluding carboxylic acids is 1. The molecule has 0 bridgehead atoms. The van der Waals surface area contributed by atoms with Crippen molar-refractivity contribution in [3.8, 4) is 0 Å². The summed E-state index contributed by atoms with van der Waals surface area (Å²) in [7, 11) is 0. The fourth-order valence-electron chi connectivity index (χ4n) is 1.75. The van der Waals surface area contributed by atoms with Crippen LogP contribution in [0.2, 0.25) is 0 Å². The van der Waals surface area contributed by atoms with E-state index in [0.29, 0.717) is 0 Å². The van der Waals surface area contributed by atoms with Crippen LogP contribution in [0.5, 0.6) is 0 Å². The molecule has 1 aliphatic heterocycles. The van der Waals surface area contributed by atoms with Crippen LogP contribution in [-0.4, -0.2) is 12.5 Å². The number of carbonyl (C=O) groups is 1. The van der Waals surface area contributed by atoms with Crippen molar-refractivity contribution in [1.29, 1.82) is 0 Å². The van der Waals surface area contributed by atoms with E-state index in [-0.39, 0.29) is 5.91 Å². The summed E-state index contributed by atoms with van der Waals surface area (Å²) in [6.45, 7) is 2.79. The van der Waals surface area contributed by atoms with Crippen LogP contribution in [0.3, 0.4) is 0 Å². The van der Waals surface area contributed by atoms with Crippen molar-refractivity contribution in [3.63, 3.8) is 0 Å². The van der Waals surface area contributed by atoms with Crippen molar-refractivity contribution in [2.45, 2.75) is 13.3 Å². The molecule has 0 aliphatic carbocycles. The number of hydrogen-bond donors (Lipinski definition) is 1. The Balaban J connectivity index is 2.46. The summed E-state index contributed by atoms with van der Waals surface area (Å²) in [5, 5.41) is 2.86. The van der Waals surface area contributed by atoms with Gasteiger partial charge in [0.25, 0.3) is 5.91 Å². The van der Waals surface area contributed by atoms with Gasteiger partial charge in [0.1, 0.15) is 0 Å². The largest absolute Gasteiger partial charge is 0.352 e. The quantitative estimate of drug-likeness (QED) is 0.715. The minimum atomic E-state index is 0.0555. The van der Waals surface area contributed by atoms with Crippen LogP contribution < -0.4 is 5.32 Å². The molecule has 0 radical (unpaired) electrons. The molecule has 0 atom stereocenters. The molecule has 1 heterocycles. The van der Waals surface area contributed by atoms with Crippen molar-refractivity contribution < 1.29 is 4.79 Å². The van der Waals surface area contributed by atoms with E-state index in [1.807, 2.05) is 37.3 Å². The maximum Gasteiger partial charge on any atom is 0.251 e. The zero-order chi connectivity index (χ0) is 9.97. The molecule has 2 nitrogen and oxygen atoms in total. The van der Waals surface area contributed by atoms with Gasteiger partial charge in [-0.25, -0.2) is 0 Å². The predicted octanol–water partition coefficient (Wildman–Crippen LogP) is 1.98. The molecule has 2 rings (SSSR count). The highest BCUT2D eigenvalue weighted by atomic mass is 16.1. The summed E-state index contributed by atoms with van der Waals surface area (Å²) in [4.78, 5) is 11.6. The SMILES string of the molecule is CC1=C(c2ccccc2)C(=O)NCC1. The van der Waals surface area contributed by atoms with Crippen LogP contribution in [0.1, 0.15) is 18.9 Å². The lowest BCUT2D eigenvalue weighted by Crippen LogP contribution is -2.30. The molecule has 1 amide bonds. The molecule has 0 saturated carbocycles. The highest BCUT2D eigenvalue weighted by molar-refractivity contribution is 6.21. The van der Waals surface area contributed by atoms with Gasteiger partial charge in [-0.2, -0.15) is 0 Å². The fraction of sp³-hybridized carbons (Fsp3) is 0.250. The first kappa shape index (κ1) is 9.00. The normalized spacial score (nSPS) is 16.8. The molecule has 0 spiro atoms. The van der Waals surface area contributed by atoms with Crippen molar-refractivity contribution in [1.82, 2.24) is 5.32 Å². The number of nitrogens with one attached hydrogen (secondary N) is 1. The maximum absolute atomic E-state index is 11.6. The third-order valence-electron chi connectivity index (χ3n) is 2.50. The average molecular weight is 187 g/mol. The molecule has 0 saturated heterocycles. The molecule has 1 aromatic carbocycles. The zero-order valence-electron chi connectivity index (χ0n) is 8.21. The molecule has 14 heavy (non-hydrogen) atoms.